The van der Waals surface area contributed by atoms with Crippen LogP contribution in [-0.2, 0) is 9.47 Å². The molecule has 6 heteroatoms. The molecule has 0 spiro atoms. The number of carbonyl (C=O) groups excluding carboxylic acids is 1. The molecule has 0 aliphatic carbocycles. The smallest absolute Gasteiger partial charge is 0.338 e. The summed E-state index contributed by atoms with van der Waals surface area (Å²) in [5, 5.41) is 28.4. The average Bonchev–Trinajstić information content (AvgIpc) is 2.40. The minimum Gasteiger partial charge on any atom is -0.453 e. The molecule has 1 aromatic rings. The Kier molecular flexibility index (Phi) is 3.93. The first-order valence-corrected chi connectivity index (χ1v) is 5.51. The molecule has 0 bridgehead atoms. The van der Waals surface area contributed by atoms with Crippen molar-refractivity contribution in [3.05, 3.63) is 35.9 Å². The van der Waals surface area contributed by atoms with E-state index in [2.05, 4.69) is 4.74 Å². The molecule has 0 amide bonds. The number of carbonyl (C=O) groups is 1. The molecule has 1 aromatic carbocycles. The highest BCUT2D eigenvalue weighted by atomic mass is 16.6. The number of hydrogen-bond acceptors (Lipinski definition) is 6. The van der Waals surface area contributed by atoms with Crippen LogP contribution in [0.2, 0.25) is 0 Å². The number of hydrogen-bond donors (Lipinski definition) is 3. The highest BCUT2D eigenvalue weighted by Crippen LogP contribution is 2.18. The second-order valence-corrected chi connectivity index (χ2v) is 4.02. The summed E-state index contributed by atoms with van der Waals surface area (Å²) in [6, 6.07) is 8.19. The second kappa shape index (κ2) is 5.45. The van der Waals surface area contributed by atoms with E-state index < -0.39 is 30.6 Å². The standard InChI is InChI=1S/C12H14O6/c13-8-6-17-12(16)9(14)10(8)18-11(15)7-4-2-1-3-5-7/h1-5,8-10,12-14,16H,6H2/t8-,9-,10-,12-/m1/s1. The van der Waals surface area contributed by atoms with Crippen LogP contribution in [0.5, 0.6) is 0 Å². The Morgan fingerprint density at radius 3 is 2.56 bits per heavy atom. The van der Waals surface area contributed by atoms with Crippen LogP contribution in [0.25, 0.3) is 0 Å². The van der Waals surface area contributed by atoms with E-state index in [4.69, 9.17) is 4.74 Å². The lowest BCUT2D eigenvalue weighted by Gasteiger charge is -2.34. The van der Waals surface area contributed by atoms with Crippen molar-refractivity contribution in [2.75, 3.05) is 6.61 Å². The van der Waals surface area contributed by atoms with Crippen molar-refractivity contribution in [3.8, 4) is 0 Å². The molecule has 0 aromatic heterocycles. The van der Waals surface area contributed by atoms with Gasteiger partial charge in [-0.15, -0.1) is 0 Å². The van der Waals surface area contributed by atoms with Gasteiger partial charge in [0.2, 0.25) is 0 Å². The fraction of sp³-hybridized carbons (Fsp3) is 0.417. The summed E-state index contributed by atoms with van der Waals surface area (Å²) in [6.07, 6.45) is -5.32. The van der Waals surface area contributed by atoms with Crippen LogP contribution in [0.3, 0.4) is 0 Å². The van der Waals surface area contributed by atoms with Crippen LogP contribution in [0.4, 0.5) is 0 Å². The monoisotopic (exact) mass is 254 g/mol. The number of esters is 1. The summed E-state index contributed by atoms with van der Waals surface area (Å²) in [4.78, 5) is 11.7. The van der Waals surface area contributed by atoms with Crippen LogP contribution in [0.15, 0.2) is 30.3 Å². The maximum absolute atomic E-state index is 11.7. The summed E-state index contributed by atoms with van der Waals surface area (Å²) in [5.41, 5.74) is 0.304. The van der Waals surface area contributed by atoms with Crippen LogP contribution in [0.1, 0.15) is 10.4 Å². The summed E-state index contributed by atoms with van der Waals surface area (Å²) in [5.74, 6) is -0.673. The first-order valence-electron chi connectivity index (χ1n) is 5.51. The van der Waals surface area contributed by atoms with E-state index in [1.54, 1.807) is 30.3 Å². The lowest BCUT2D eigenvalue weighted by atomic mass is 10.1. The first-order chi connectivity index (χ1) is 8.59. The van der Waals surface area contributed by atoms with Crippen molar-refractivity contribution < 1.29 is 29.6 Å². The van der Waals surface area contributed by atoms with E-state index in [0.717, 1.165) is 0 Å². The molecular formula is C12H14O6. The number of benzene rings is 1. The summed E-state index contributed by atoms with van der Waals surface area (Å²) in [6.45, 7) is -0.203. The Balaban J connectivity index is 2.06. The van der Waals surface area contributed by atoms with Gasteiger partial charge in [0, 0.05) is 0 Å². The van der Waals surface area contributed by atoms with Gasteiger partial charge in [-0.25, -0.2) is 4.79 Å². The van der Waals surface area contributed by atoms with Crippen molar-refractivity contribution in [2.24, 2.45) is 0 Å². The quantitative estimate of drug-likeness (QED) is 0.603. The molecule has 0 unspecified atom stereocenters. The van der Waals surface area contributed by atoms with Gasteiger partial charge in [-0.3, -0.25) is 0 Å². The Hall–Kier alpha value is -1.47. The summed E-state index contributed by atoms with van der Waals surface area (Å²) >= 11 is 0. The van der Waals surface area contributed by atoms with Gasteiger partial charge in [0.25, 0.3) is 0 Å². The zero-order valence-electron chi connectivity index (χ0n) is 9.47. The van der Waals surface area contributed by atoms with E-state index in [1.807, 2.05) is 0 Å². The van der Waals surface area contributed by atoms with Crippen molar-refractivity contribution in [3.63, 3.8) is 0 Å². The Bertz CT molecular complexity index is 406. The van der Waals surface area contributed by atoms with Gasteiger partial charge < -0.3 is 24.8 Å². The molecule has 98 valence electrons. The van der Waals surface area contributed by atoms with Crippen LogP contribution in [-0.4, -0.2) is 52.5 Å². The van der Waals surface area contributed by atoms with Gasteiger partial charge >= 0.3 is 5.97 Å². The van der Waals surface area contributed by atoms with Crippen LogP contribution >= 0.6 is 0 Å². The van der Waals surface area contributed by atoms with E-state index in [1.165, 1.54) is 0 Å². The minimum absolute atomic E-state index is 0.203. The second-order valence-electron chi connectivity index (χ2n) is 4.02. The van der Waals surface area contributed by atoms with Gasteiger partial charge in [-0.1, -0.05) is 18.2 Å². The molecule has 4 atom stereocenters. The largest absolute Gasteiger partial charge is 0.453 e. The lowest BCUT2D eigenvalue weighted by molar-refractivity contribution is -0.251. The normalized spacial score (nSPS) is 31.9. The molecule has 1 saturated heterocycles. The number of aliphatic hydroxyl groups excluding tert-OH is 3. The Morgan fingerprint density at radius 1 is 1.22 bits per heavy atom. The maximum Gasteiger partial charge on any atom is 0.338 e. The van der Waals surface area contributed by atoms with E-state index in [0.29, 0.717) is 5.56 Å². The summed E-state index contributed by atoms with van der Waals surface area (Å²) in [7, 11) is 0. The molecule has 2 rings (SSSR count). The molecule has 3 N–H and O–H groups in total. The number of rotatable bonds is 2. The van der Waals surface area contributed by atoms with Gasteiger partial charge in [0.05, 0.1) is 12.2 Å². The predicted molar refractivity (Wildman–Crippen MR) is 59.6 cm³/mol. The fourth-order valence-electron chi connectivity index (χ4n) is 1.69. The molecule has 0 radical (unpaired) electrons. The van der Waals surface area contributed by atoms with Gasteiger partial charge in [0.15, 0.2) is 12.4 Å². The van der Waals surface area contributed by atoms with Gasteiger partial charge in [-0.05, 0) is 12.1 Å². The average molecular weight is 254 g/mol. The molecule has 6 nitrogen and oxygen atoms in total. The first kappa shape index (κ1) is 13.0. The SMILES string of the molecule is O=C(O[C@H]1[C@@H](O)[C@H](O)OC[C@H]1O)c1ccccc1. The third-order valence-corrected chi connectivity index (χ3v) is 2.70. The van der Waals surface area contributed by atoms with Gasteiger partial charge in [0.1, 0.15) is 12.2 Å². The number of ether oxygens (including phenoxy) is 2. The maximum atomic E-state index is 11.7. The van der Waals surface area contributed by atoms with Crippen LogP contribution < -0.4 is 0 Å². The van der Waals surface area contributed by atoms with Crippen molar-refractivity contribution in [1.82, 2.24) is 0 Å². The Morgan fingerprint density at radius 2 is 1.89 bits per heavy atom. The third-order valence-electron chi connectivity index (χ3n) is 2.70. The van der Waals surface area contributed by atoms with Gasteiger partial charge in [-0.2, -0.15) is 0 Å². The third kappa shape index (κ3) is 2.68. The molecule has 18 heavy (non-hydrogen) atoms. The topological polar surface area (TPSA) is 96.2 Å². The number of aliphatic hydroxyl groups is 3. The van der Waals surface area contributed by atoms with Crippen molar-refractivity contribution in [1.29, 1.82) is 0 Å². The molecular weight excluding hydrogens is 240 g/mol. The minimum atomic E-state index is -1.47. The fourth-order valence-corrected chi connectivity index (χ4v) is 1.69. The van der Waals surface area contributed by atoms with Crippen molar-refractivity contribution in [2.45, 2.75) is 24.6 Å². The Labute approximate surface area is 103 Å². The zero-order chi connectivity index (χ0) is 13.1. The van der Waals surface area contributed by atoms with E-state index in [-0.39, 0.29) is 6.61 Å². The highest BCUT2D eigenvalue weighted by Gasteiger charge is 2.40. The molecule has 1 aliphatic heterocycles. The summed E-state index contributed by atoms with van der Waals surface area (Å²) < 4.78 is 9.68. The van der Waals surface area contributed by atoms with E-state index in [9.17, 15) is 20.1 Å². The van der Waals surface area contributed by atoms with Crippen LogP contribution in [0, 0.1) is 0 Å². The molecule has 1 fully saturated rings. The molecule has 1 aliphatic rings. The van der Waals surface area contributed by atoms with E-state index >= 15 is 0 Å². The highest BCUT2D eigenvalue weighted by molar-refractivity contribution is 5.89. The molecule has 1 heterocycles. The molecule has 0 saturated carbocycles. The van der Waals surface area contributed by atoms with Crippen molar-refractivity contribution >= 4 is 5.97 Å². The zero-order valence-corrected chi connectivity index (χ0v) is 9.47. The lowest BCUT2D eigenvalue weighted by Crippen LogP contribution is -2.54. The predicted octanol–water partition coefficient (Wildman–Crippen LogP) is -0.718.